The molecule has 0 bridgehead atoms. The first kappa shape index (κ1) is 20.9. The second kappa shape index (κ2) is 10.7. The van der Waals surface area contributed by atoms with Crippen LogP contribution in [0.1, 0.15) is 24.7 Å². The number of aliphatic imine (C=N–C) groups is 1. The predicted molar refractivity (Wildman–Crippen MR) is 118 cm³/mol. The Morgan fingerprint density at radius 3 is 2.78 bits per heavy atom. The molecular formula is C19H25IN6O. The van der Waals surface area contributed by atoms with E-state index < -0.39 is 0 Å². The van der Waals surface area contributed by atoms with E-state index >= 15 is 0 Å². The summed E-state index contributed by atoms with van der Waals surface area (Å²) in [5.74, 6) is 2.43. The Morgan fingerprint density at radius 2 is 1.96 bits per heavy atom. The summed E-state index contributed by atoms with van der Waals surface area (Å²) in [6.45, 7) is 4.01. The van der Waals surface area contributed by atoms with Gasteiger partial charge in [0.2, 0.25) is 0 Å². The predicted octanol–water partition coefficient (Wildman–Crippen LogP) is 3.00. The maximum atomic E-state index is 5.67. The summed E-state index contributed by atoms with van der Waals surface area (Å²) in [5.41, 5.74) is 1.96. The average molecular weight is 480 g/mol. The lowest BCUT2D eigenvalue weighted by molar-refractivity contribution is 0.317. The van der Waals surface area contributed by atoms with Gasteiger partial charge in [0.1, 0.15) is 5.75 Å². The number of guanidine groups is 1. The van der Waals surface area contributed by atoms with Crippen molar-refractivity contribution in [3.63, 3.8) is 0 Å². The van der Waals surface area contributed by atoms with Crippen LogP contribution in [0.25, 0.3) is 5.65 Å². The van der Waals surface area contributed by atoms with Gasteiger partial charge >= 0.3 is 0 Å². The van der Waals surface area contributed by atoms with Gasteiger partial charge in [-0.05, 0) is 36.2 Å². The summed E-state index contributed by atoms with van der Waals surface area (Å²) in [6, 6.07) is 13.9. The van der Waals surface area contributed by atoms with Crippen molar-refractivity contribution in [2.45, 2.75) is 26.4 Å². The first-order valence-corrected chi connectivity index (χ1v) is 8.75. The minimum Gasteiger partial charge on any atom is -0.494 e. The molecule has 0 saturated carbocycles. The van der Waals surface area contributed by atoms with Gasteiger partial charge in [-0.3, -0.25) is 9.39 Å². The zero-order valence-corrected chi connectivity index (χ0v) is 17.9. The molecule has 0 amide bonds. The number of benzene rings is 1. The Labute approximate surface area is 176 Å². The highest BCUT2D eigenvalue weighted by atomic mass is 127. The van der Waals surface area contributed by atoms with Crippen LogP contribution in [0.5, 0.6) is 5.75 Å². The van der Waals surface area contributed by atoms with Crippen molar-refractivity contribution in [1.82, 2.24) is 25.2 Å². The van der Waals surface area contributed by atoms with Crippen molar-refractivity contribution >= 4 is 35.6 Å². The zero-order chi connectivity index (χ0) is 18.2. The lowest BCUT2D eigenvalue weighted by Gasteiger charge is -2.12. The number of halogens is 1. The van der Waals surface area contributed by atoms with Crippen molar-refractivity contribution in [3.05, 3.63) is 60.0 Å². The van der Waals surface area contributed by atoms with Gasteiger partial charge in [-0.2, -0.15) is 0 Å². The van der Waals surface area contributed by atoms with Crippen molar-refractivity contribution in [3.8, 4) is 5.75 Å². The normalized spacial score (nSPS) is 11.1. The smallest absolute Gasteiger partial charge is 0.191 e. The third-order valence-electron chi connectivity index (χ3n) is 3.85. The highest BCUT2D eigenvalue weighted by Crippen LogP contribution is 2.13. The van der Waals surface area contributed by atoms with Crippen LogP contribution >= 0.6 is 24.0 Å². The highest BCUT2D eigenvalue weighted by Gasteiger charge is 2.06. The molecule has 7 nitrogen and oxygen atoms in total. The van der Waals surface area contributed by atoms with E-state index in [0.717, 1.165) is 35.8 Å². The number of nitrogens with zero attached hydrogens (tertiary/aromatic N) is 4. The summed E-state index contributed by atoms with van der Waals surface area (Å²) in [7, 11) is 1.75. The fraction of sp³-hybridized carbons (Fsp3) is 0.316. The van der Waals surface area contributed by atoms with E-state index in [1.165, 1.54) is 0 Å². The van der Waals surface area contributed by atoms with E-state index in [4.69, 9.17) is 4.74 Å². The van der Waals surface area contributed by atoms with Gasteiger partial charge in [-0.25, -0.2) is 0 Å². The molecule has 0 aliphatic carbocycles. The first-order chi connectivity index (χ1) is 12.8. The number of rotatable bonds is 7. The molecule has 2 heterocycles. The third-order valence-corrected chi connectivity index (χ3v) is 3.85. The molecule has 1 aromatic carbocycles. The zero-order valence-electron chi connectivity index (χ0n) is 15.6. The second-order valence-corrected chi connectivity index (χ2v) is 5.82. The maximum Gasteiger partial charge on any atom is 0.191 e. The monoisotopic (exact) mass is 480 g/mol. The standard InChI is InChI=1S/C19H24N6O.HI/c1-3-11-26-16-8-6-7-15(12-16)13-21-19(20-2)22-14-18-24-23-17-9-4-5-10-25(17)18;/h4-10,12H,3,11,13-14H2,1-2H3,(H2,20,21,22);1H. The highest BCUT2D eigenvalue weighted by molar-refractivity contribution is 14.0. The summed E-state index contributed by atoms with van der Waals surface area (Å²) in [6.07, 6.45) is 2.95. The largest absolute Gasteiger partial charge is 0.494 e. The fourth-order valence-corrected chi connectivity index (χ4v) is 2.55. The number of ether oxygens (including phenoxy) is 1. The van der Waals surface area contributed by atoms with Crippen molar-refractivity contribution in [1.29, 1.82) is 0 Å². The van der Waals surface area contributed by atoms with Crippen LogP contribution in [-0.4, -0.2) is 34.2 Å². The van der Waals surface area contributed by atoms with Crippen molar-refractivity contribution < 1.29 is 4.74 Å². The molecule has 3 aromatic rings. The van der Waals surface area contributed by atoms with Gasteiger partial charge in [0.15, 0.2) is 17.4 Å². The van der Waals surface area contributed by atoms with Crippen LogP contribution < -0.4 is 15.4 Å². The number of pyridine rings is 1. The van der Waals surface area contributed by atoms with E-state index in [0.29, 0.717) is 19.0 Å². The molecular weight excluding hydrogens is 455 g/mol. The molecule has 144 valence electrons. The summed E-state index contributed by atoms with van der Waals surface area (Å²) in [5, 5.41) is 14.9. The van der Waals surface area contributed by atoms with E-state index in [1.807, 2.05) is 47.0 Å². The van der Waals surface area contributed by atoms with Crippen LogP contribution in [0.15, 0.2) is 53.7 Å². The molecule has 0 aliphatic rings. The Morgan fingerprint density at radius 1 is 1.11 bits per heavy atom. The Balaban J connectivity index is 0.00000261. The molecule has 27 heavy (non-hydrogen) atoms. The molecule has 0 fully saturated rings. The number of hydrogen-bond donors (Lipinski definition) is 2. The van der Waals surface area contributed by atoms with Crippen LogP contribution in [0.4, 0.5) is 0 Å². The summed E-state index contributed by atoms with van der Waals surface area (Å²) in [4.78, 5) is 4.26. The van der Waals surface area contributed by atoms with E-state index in [-0.39, 0.29) is 24.0 Å². The number of hydrogen-bond acceptors (Lipinski definition) is 4. The summed E-state index contributed by atoms with van der Waals surface area (Å²) >= 11 is 0. The molecule has 0 saturated heterocycles. The van der Waals surface area contributed by atoms with Gasteiger partial charge in [0, 0.05) is 19.8 Å². The molecule has 2 N–H and O–H groups in total. The van der Waals surface area contributed by atoms with Crippen LogP contribution in [0.2, 0.25) is 0 Å². The first-order valence-electron chi connectivity index (χ1n) is 8.75. The molecule has 8 heteroatoms. The van der Waals surface area contributed by atoms with Gasteiger partial charge in [0.05, 0.1) is 13.2 Å². The molecule has 2 aromatic heterocycles. The van der Waals surface area contributed by atoms with Crippen molar-refractivity contribution in [2.24, 2.45) is 4.99 Å². The van der Waals surface area contributed by atoms with E-state index in [2.05, 4.69) is 38.8 Å². The lowest BCUT2D eigenvalue weighted by atomic mass is 10.2. The SMILES string of the molecule is CCCOc1cccc(CNC(=NC)NCc2nnc3ccccn23)c1.I. The molecule has 0 aliphatic heterocycles. The Hall–Kier alpha value is -2.36. The molecule has 0 atom stereocenters. The fourth-order valence-electron chi connectivity index (χ4n) is 2.55. The topological polar surface area (TPSA) is 75.8 Å². The van der Waals surface area contributed by atoms with Gasteiger partial charge in [-0.1, -0.05) is 25.1 Å². The number of nitrogens with one attached hydrogen (secondary N) is 2. The molecule has 0 radical (unpaired) electrons. The van der Waals surface area contributed by atoms with Crippen LogP contribution in [-0.2, 0) is 13.1 Å². The van der Waals surface area contributed by atoms with Gasteiger partial charge in [0.25, 0.3) is 0 Å². The van der Waals surface area contributed by atoms with Gasteiger partial charge < -0.3 is 15.4 Å². The molecule has 0 spiro atoms. The van der Waals surface area contributed by atoms with Crippen LogP contribution in [0.3, 0.4) is 0 Å². The van der Waals surface area contributed by atoms with E-state index in [1.54, 1.807) is 7.05 Å². The Bertz CT molecular complexity index is 879. The lowest BCUT2D eigenvalue weighted by Crippen LogP contribution is -2.36. The minimum atomic E-state index is 0. The average Bonchev–Trinajstić information content (AvgIpc) is 3.10. The Kier molecular flexibility index (Phi) is 8.31. The summed E-state index contributed by atoms with van der Waals surface area (Å²) < 4.78 is 7.63. The van der Waals surface area contributed by atoms with Crippen molar-refractivity contribution in [2.75, 3.05) is 13.7 Å². The molecule has 3 rings (SSSR count). The molecule has 0 unspecified atom stereocenters. The van der Waals surface area contributed by atoms with Gasteiger partial charge in [-0.15, -0.1) is 34.2 Å². The number of fused-ring (bicyclic) bond motifs is 1. The number of aromatic nitrogens is 3. The van der Waals surface area contributed by atoms with Crippen LogP contribution in [0, 0.1) is 0 Å². The maximum absolute atomic E-state index is 5.67. The third kappa shape index (κ3) is 5.81. The minimum absolute atomic E-state index is 0. The quantitative estimate of drug-likeness (QED) is 0.309. The van der Waals surface area contributed by atoms with E-state index in [9.17, 15) is 0 Å². The second-order valence-electron chi connectivity index (χ2n) is 5.82.